The van der Waals surface area contributed by atoms with Crippen LogP contribution in [0.15, 0.2) is 66.7 Å². The number of aryl methyl sites for hydroxylation is 1. The molecule has 0 radical (unpaired) electrons. The number of nitrogens with one attached hydrogen (secondary N) is 2. The van der Waals surface area contributed by atoms with Gasteiger partial charge in [0.15, 0.2) is 0 Å². The second-order valence-electron chi connectivity index (χ2n) is 9.55. The lowest BCUT2D eigenvalue weighted by atomic mass is 9.90. The Morgan fingerprint density at radius 1 is 1.03 bits per heavy atom. The lowest BCUT2D eigenvalue weighted by Crippen LogP contribution is -2.27. The highest BCUT2D eigenvalue weighted by Gasteiger charge is 2.27. The first-order valence-corrected chi connectivity index (χ1v) is 11.9. The molecule has 0 spiro atoms. The lowest BCUT2D eigenvalue weighted by Gasteiger charge is -2.27. The first kappa shape index (κ1) is 20.3. The first-order valence-electron chi connectivity index (χ1n) is 11.9. The van der Waals surface area contributed by atoms with Gasteiger partial charge in [-0.15, -0.1) is 0 Å². The molecule has 1 aromatic heterocycles. The SMILES string of the molecule is CC(N[C@@H]1CCCc2c1[nH]c1ccc(-c3ccc4c(c3)CN(C)C4=O)cc21)c1ccccc1. The number of nitrogens with zero attached hydrogens (tertiary/aromatic N) is 1. The minimum absolute atomic E-state index is 0.120. The molecule has 0 fully saturated rings. The largest absolute Gasteiger partial charge is 0.357 e. The average Bonchev–Trinajstić information content (AvgIpc) is 3.36. The number of carbonyl (C=O) groups is 1. The monoisotopic (exact) mass is 435 g/mol. The number of aromatic nitrogens is 1. The lowest BCUT2D eigenvalue weighted by molar-refractivity contribution is 0.0816. The molecule has 1 unspecified atom stereocenters. The van der Waals surface area contributed by atoms with Gasteiger partial charge in [0.25, 0.3) is 5.91 Å². The molecule has 6 rings (SSSR count). The van der Waals surface area contributed by atoms with E-state index >= 15 is 0 Å². The van der Waals surface area contributed by atoms with Gasteiger partial charge in [-0.25, -0.2) is 0 Å². The molecule has 0 bridgehead atoms. The van der Waals surface area contributed by atoms with Crippen molar-refractivity contribution < 1.29 is 4.79 Å². The molecule has 2 N–H and O–H groups in total. The van der Waals surface area contributed by atoms with Crippen molar-refractivity contribution in [3.05, 3.63) is 94.7 Å². The number of fused-ring (bicyclic) bond motifs is 4. The van der Waals surface area contributed by atoms with Gasteiger partial charge in [0, 0.05) is 47.8 Å². The third-order valence-electron chi connectivity index (χ3n) is 7.38. The standard InChI is InChI=1S/C29H29N3O/c1-18(19-7-4-3-5-8-19)30-27-10-6-9-24-25-16-21(12-14-26(25)31-28(24)27)20-11-13-23-22(15-20)17-32(2)29(23)33/h3-5,7-8,11-16,18,27,30-31H,6,9-10,17H2,1-2H3/t18?,27-/m1/s1. The quantitative estimate of drug-likeness (QED) is 0.404. The molecule has 2 atom stereocenters. The molecule has 1 aliphatic heterocycles. The van der Waals surface area contributed by atoms with Crippen LogP contribution in [-0.2, 0) is 13.0 Å². The van der Waals surface area contributed by atoms with Crippen LogP contribution in [-0.4, -0.2) is 22.8 Å². The maximum Gasteiger partial charge on any atom is 0.254 e. The van der Waals surface area contributed by atoms with E-state index in [1.807, 2.05) is 13.1 Å². The van der Waals surface area contributed by atoms with E-state index < -0.39 is 0 Å². The zero-order valence-corrected chi connectivity index (χ0v) is 19.2. The molecule has 1 aliphatic carbocycles. The molecule has 2 heterocycles. The second kappa shape index (κ2) is 7.89. The molecule has 0 saturated heterocycles. The summed E-state index contributed by atoms with van der Waals surface area (Å²) in [7, 11) is 1.86. The molecule has 2 aliphatic rings. The molecule has 0 saturated carbocycles. The van der Waals surface area contributed by atoms with Gasteiger partial charge in [-0.2, -0.15) is 0 Å². The van der Waals surface area contributed by atoms with Crippen LogP contribution >= 0.6 is 0 Å². The van der Waals surface area contributed by atoms with E-state index in [0.717, 1.165) is 24.0 Å². The van der Waals surface area contributed by atoms with Crippen molar-refractivity contribution in [2.75, 3.05) is 7.05 Å². The molecular formula is C29H29N3O. The van der Waals surface area contributed by atoms with E-state index in [1.54, 1.807) is 4.90 Å². The minimum Gasteiger partial charge on any atom is -0.357 e. The number of hydrogen-bond acceptors (Lipinski definition) is 2. The van der Waals surface area contributed by atoms with E-state index in [9.17, 15) is 4.79 Å². The van der Waals surface area contributed by atoms with Gasteiger partial charge in [0.1, 0.15) is 0 Å². The fourth-order valence-electron chi connectivity index (χ4n) is 5.59. The average molecular weight is 436 g/mol. The van der Waals surface area contributed by atoms with Gasteiger partial charge < -0.3 is 15.2 Å². The van der Waals surface area contributed by atoms with Crippen molar-refractivity contribution in [2.45, 2.75) is 44.8 Å². The second-order valence-corrected chi connectivity index (χ2v) is 9.55. The molecule has 4 aromatic rings. The molecule has 4 heteroatoms. The topological polar surface area (TPSA) is 48.1 Å². The zero-order chi connectivity index (χ0) is 22.5. The Hall–Kier alpha value is -3.37. The fraction of sp³-hybridized carbons (Fsp3) is 0.276. The molecular weight excluding hydrogens is 406 g/mol. The first-order chi connectivity index (χ1) is 16.1. The summed E-state index contributed by atoms with van der Waals surface area (Å²) in [5.74, 6) is 0.120. The summed E-state index contributed by atoms with van der Waals surface area (Å²) < 4.78 is 0. The smallest absolute Gasteiger partial charge is 0.254 e. The van der Waals surface area contributed by atoms with Gasteiger partial charge in [-0.05, 0) is 78.3 Å². The Bertz CT molecular complexity index is 1350. The van der Waals surface area contributed by atoms with Crippen molar-refractivity contribution in [3.8, 4) is 11.1 Å². The highest BCUT2D eigenvalue weighted by atomic mass is 16.2. The van der Waals surface area contributed by atoms with Crippen molar-refractivity contribution in [1.82, 2.24) is 15.2 Å². The number of amides is 1. The van der Waals surface area contributed by atoms with Crippen LogP contribution in [0.1, 0.15) is 64.6 Å². The number of rotatable bonds is 4. The number of hydrogen-bond donors (Lipinski definition) is 2. The summed E-state index contributed by atoms with van der Waals surface area (Å²) in [5.41, 5.74) is 9.67. The number of carbonyl (C=O) groups excluding carboxylic acids is 1. The predicted octanol–water partition coefficient (Wildman–Crippen LogP) is 6.15. The highest BCUT2D eigenvalue weighted by Crippen LogP contribution is 2.38. The van der Waals surface area contributed by atoms with E-state index in [0.29, 0.717) is 18.6 Å². The van der Waals surface area contributed by atoms with Crippen LogP contribution < -0.4 is 5.32 Å². The van der Waals surface area contributed by atoms with Crippen molar-refractivity contribution >= 4 is 16.8 Å². The molecule has 3 aromatic carbocycles. The van der Waals surface area contributed by atoms with Crippen molar-refractivity contribution in [2.24, 2.45) is 0 Å². The van der Waals surface area contributed by atoms with Gasteiger partial charge in [-0.1, -0.05) is 42.5 Å². The third kappa shape index (κ3) is 3.46. The highest BCUT2D eigenvalue weighted by molar-refractivity contribution is 5.99. The maximum atomic E-state index is 12.3. The normalized spacial score (nSPS) is 18.4. The molecule has 4 nitrogen and oxygen atoms in total. The van der Waals surface area contributed by atoms with Crippen LogP contribution in [0, 0.1) is 0 Å². The van der Waals surface area contributed by atoms with Gasteiger partial charge >= 0.3 is 0 Å². The Kier molecular flexibility index (Phi) is 4.84. The summed E-state index contributed by atoms with van der Waals surface area (Å²) in [6, 6.07) is 24.3. The summed E-state index contributed by atoms with van der Waals surface area (Å²) in [4.78, 5) is 17.8. The van der Waals surface area contributed by atoms with Crippen LogP contribution in [0.4, 0.5) is 0 Å². The molecule has 1 amide bonds. The summed E-state index contributed by atoms with van der Waals surface area (Å²) in [6.45, 7) is 2.94. The summed E-state index contributed by atoms with van der Waals surface area (Å²) in [5, 5.41) is 5.20. The Balaban J connectivity index is 1.34. The number of benzene rings is 3. The van der Waals surface area contributed by atoms with Crippen LogP contribution in [0.25, 0.3) is 22.0 Å². The summed E-state index contributed by atoms with van der Waals surface area (Å²) in [6.07, 6.45) is 3.45. The minimum atomic E-state index is 0.120. The Labute approximate surface area is 194 Å². The maximum absolute atomic E-state index is 12.3. The zero-order valence-electron chi connectivity index (χ0n) is 19.2. The molecule has 33 heavy (non-hydrogen) atoms. The predicted molar refractivity (Wildman–Crippen MR) is 133 cm³/mol. The van der Waals surface area contributed by atoms with E-state index in [2.05, 4.69) is 77.9 Å². The van der Waals surface area contributed by atoms with Crippen molar-refractivity contribution in [1.29, 1.82) is 0 Å². The van der Waals surface area contributed by atoms with Crippen LogP contribution in [0.3, 0.4) is 0 Å². The van der Waals surface area contributed by atoms with Gasteiger partial charge in [0.05, 0.1) is 0 Å². The van der Waals surface area contributed by atoms with E-state index in [4.69, 9.17) is 0 Å². The number of H-pyrrole nitrogens is 1. The van der Waals surface area contributed by atoms with Gasteiger partial charge in [0.2, 0.25) is 0 Å². The van der Waals surface area contributed by atoms with Gasteiger partial charge in [-0.3, -0.25) is 4.79 Å². The Morgan fingerprint density at radius 3 is 2.67 bits per heavy atom. The third-order valence-corrected chi connectivity index (χ3v) is 7.38. The Morgan fingerprint density at radius 2 is 1.82 bits per heavy atom. The number of aromatic amines is 1. The fourth-order valence-corrected chi connectivity index (χ4v) is 5.59. The van der Waals surface area contributed by atoms with E-state index in [1.165, 1.54) is 45.3 Å². The van der Waals surface area contributed by atoms with E-state index in [-0.39, 0.29) is 5.91 Å². The summed E-state index contributed by atoms with van der Waals surface area (Å²) >= 11 is 0. The van der Waals surface area contributed by atoms with Crippen molar-refractivity contribution in [3.63, 3.8) is 0 Å². The van der Waals surface area contributed by atoms with Crippen LogP contribution in [0.2, 0.25) is 0 Å². The van der Waals surface area contributed by atoms with Crippen LogP contribution in [0.5, 0.6) is 0 Å². The molecule has 166 valence electrons.